The third kappa shape index (κ3) is 5.05. The molecule has 0 aromatic heterocycles. The van der Waals surface area contributed by atoms with E-state index in [1.165, 1.54) is 7.11 Å². The lowest BCUT2D eigenvalue weighted by molar-refractivity contribution is -0.143. The lowest BCUT2D eigenvalue weighted by Gasteiger charge is -2.18. The van der Waals surface area contributed by atoms with Crippen molar-refractivity contribution < 1.29 is 14.3 Å². The van der Waals surface area contributed by atoms with E-state index in [0.29, 0.717) is 12.0 Å². The lowest BCUT2D eigenvalue weighted by atomic mass is 10.0. The highest BCUT2D eigenvalue weighted by molar-refractivity contribution is 14.1. The van der Waals surface area contributed by atoms with Gasteiger partial charge in [0.25, 0.3) is 5.91 Å². The summed E-state index contributed by atoms with van der Waals surface area (Å²) in [6, 6.07) is 4.82. The molecule has 0 fully saturated rings. The number of amides is 1. The van der Waals surface area contributed by atoms with Gasteiger partial charge in [0.1, 0.15) is 6.04 Å². The number of methoxy groups -OCH3 is 1. The minimum absolute atomic E-state index is 0.272. The normalized spacial score (nSPS) is 12.1. The summed E-state index contributed by atoms with van der Waals surface area (Å²) in [7, 11) is 1.32. The maximum Gasteiger partial charge on any atom is 0.328 e. The van der Waals surface area contributed by atoms with Crippen molar-refractivity contribution in [3.63, 3.8) is 0 Å². The standard InChI is InChI=1S/C14H17BrINO3/c1-8(2)6-12(14(19)20-3)17-13(18)10-7-9(15)4-5-11(10)16/h4-5,7-8,12H,6H2,1-3H3,(H,17,18). The molecule has 1 aromatic carbocycles. The summed E-state index contributed by atoms with van der Waals surface area (Å²) < 4.78 is 6.39. The molecule has 1 atom stereocenters. The molecule has 1 unspecified atom stereocenters. The minimum atomic E-state index is -0.623. The van der Waals surface area contributed by atoms with Crippen LogP contribution in [0.1, 0.15) is 30.6 Å². The highest BCUT2D eigenvalue weighted by Crippen LogP contribution is 2.19. The molecule has 4 nitrogen and oxygen atoms in total. The average Bonchev–Trinajstić information content (AvgIpc) is 2.39. The Morgan fingerprint density at radius 2 is 2.05 bits per heavy atom. The van der Waals surface area contributed by atoms with Crippen LogP contribution in [0.5, 0.6) is 0 Å². The van der Waals surface area contributed by atoms with E-state index in [1.807, 2.05) is 26.0 Å². The Hall–Kier alpha value is -0.630. The Morgan fingerprint density at radius 1 is 1.40 bits per heavy atom. The summed E-state index contributed by atoms with van der Waals surface area (Å²) in [5, 5.41) is 2.74. The highest BCUT2D eigenvalue weighted by atomic mass is 127. The summed E-state index contributed by atoms with van der Waals surface area (Å²) in [5.74, 6) is -0.412. The van der Waals surface area contributed by atoms with Gasteiger partial charge in [-0.3, -0.25) is 4.79 Å². The maximum atomic E-state index is 12.3. The minimum Gasteiger partial charge on any atom is -0.467 e. The van der Waals surface area contributed by atoms with Gasteiger partial charge in [0.15, 0.2) is 0 Å². The van der Waals surface area contributed by atoms with Crippen molar-refractivity contribution in [2.75, 3.05) is 7.11 Å². The van der Waals surface area contributed by atoms with Gasteiger partial charge >= 0.3 is 5.97 Å². The van der Waals surface area contributed by atoms with Gasteiger partial charge in [-0.2, -0.15) is 0 Å². The first-order valence-corrected chi connectivity index (χ1v) is 8.06. The predicted octanol–water partition coefficient (Wildman–Crippen LogP) is 3.37. The van der Waals surface area contributed by atoms with E-state index >= 15 is 0 Å². The van der Waals surface area contributed by atoms with Crippen LogP contribution in [-0.2, 0) is 9.53 Å². The van der Waals surface area contributed by atoms with Gasteiger partial charge in [-0.25, -0.2) is 4.79 Å². The van der Waals surface area contributed by atoms with Crippen LogP contribution in [0.15, 0.2) is 22.7 Å². The highest BCUT2D eigenvalue weighted by Gasteiger charge is 2.24. The van der Waals surface area contributed by atoms with E-state index in [-0.39, 0.29) is 11.8 Å². The number of carbonyl (C=O) groups excluding carboxylic acids is 2. The summed E-state index contributed by atoms with van der Waals surface area (Å²) in [4.78, 5) is 24.0. The fourth-order valence-corrected chi connectivity index (χ4v) is 2.68. The molecular weight excluding hydrogens is 437 g/mol. The molecule has 1 amide bonds. The van der Waals surface area contributed by atoms with Crippen LogP contribution < -0.4 is 5.32 Å². The number of carbonyl (C=O) groups is 2. The molecule has 0 aliphatic rings. The molecule has 6 heteroatoms. The molecule has 0 saturated heterocycles. The third-order valence-corrected chi connectivity index (χ3v) is 4.11. The Morgan fingerprint density at radius 3 is 2.60 bits per heavy atom. The summed E-state index contributed by atoms with van der Waals surface area (Å²) in [5.41, 5.74) is 0.539. The Balaban J connectivity index is 2.90. The molecular formula is C14H17BrINO3. The Kier molecular flexibility index (Phi) is 6.94. The molecule has 0 heterocycles. The Labute approximate surface area is 140 Å². The van der Waals surface area contributed by atoms with Crippen LogP contribution in [0.4, 0.5) is 0 Å². The number of hydrogen-bond donors (Lipinski definition) is 1. The molecule has 0 aliphatic heterocycles. The first-order chi connectivity index (χ1) is 9.35. The number of esters is 1. The van der Waals surface area contributed by atoms with E-state index in [0.717, 1.165) is 8.04 Å². The van der Waals surface area contributed by atoms with Crippen LogP contribution in [-0.4, -0.2) is 25.0 Å². The number of nitrogens with one attached hydrogen (secondary N) is 1. The summed E-state index contributed by atoms with van der Waals surface area (Å²) in [6.45, 7) is 3.98. The Bertz CT molecular complexity index is 505. The van der Waals surface area contributed by atoms with Crippen molar-refractivity contribution in [2.45, 2.75) is 26.3 Å². The maximum absolute atomic E-state index is 12.3. The molecule has 0 bridgehead atoms. The molecule has 0 saturated carbocycles. The quantitative estimate of drug-likeness (QED) is 0.549. The van der Waals surface area contributed by atoms with Gasteiger partial charge in [0.2, 0.25) is 0 Å². The van der Waals surface area contributed by atoms with Gasteiger partial charge in [0, 0.05) is 8.04 Å². The third-order valence-electron chi connectivity index (χ3n) is 2.67. The molecule has 0 spiro atoms. The zero-order valence-corrected chi connectivity index (χ0v) is 15.3. The molecule has 0 aliphatic carbocycles. The zero-order chi connectivity index (χ0) is 15.3. The van der Waals surface area contributed by atoms with Crippen molar-refractivity contribution >= 4 is 50.4 Å². The van der Waals surface area contributed by atoms with E-state index < -0.39 is 12.0 Å². The smallest absolute Gasteiger partial charge is 0.328 e. The van der Waals surface area contributed by atoms with Crippen molar-refractivity contribution in [1.29, 1.82) is 0 Å². The lowest BCUT2D eigenvalue weighted by Crippen LogP contribution is -2.42. The van der Waals surface area contributed by atoms with E-state index in [9.17, 15) is 9.59 Å². The SMILES string of the molecule is COC(=O)C(CC(C)C)NC(=O)c1cc(Br)ccc1I. The van der Waals surface area contributed by atoms with Crippen LogP contribution in [0.3, 0.4) is 0 Å². The van der Waals surface area contributed by atoms with Crippen LogP contribution >= 0.6 is 38.5 Å². The van der Waals surface area contributed by atoms with Crippen LogP contribution in [0.25, 0.3) is 0 Å². The molecule has 0 radical (unpaired) electrons. The number of halogens is 2. The summed E-state index contributed by atoms with van der Waals surface area (Å²) in [6.07, 6.45) is 0.545. The van der Waals surface area contributed by atoms with Crippen LogP contribution in [0.2, 0.25) is 0 Å². The van der Waals surface area contributed by atoms with E-state index in [2.05, 4.69) is 43.8 Å². The van der Waals surface area contributed by atoms with Crippen molar-refractivity contribution in [1.82, 2.24) is 5.32 Å². The monoisotopic (exact) mass is 453 g/mol. The second-order valence-electron chi connectivity index (χ2n) is 4.80. The molecule has 110 valence electrons. The van der Waals surface area contributed by atoms with Crippen molar-refractivity contribution in [3.05, 3.63) is 31.8 Å². The van der Waals surface area contributed by atoms with Gasteiger partial charge < -0.3 is 10.1 Å². The average molecular weight is 454 g/mol. The van der Waals surface area contributed by atoms with Gasteiger partial charge in [0.05, 0.1) is 12.7 Å². The van der Waals surface area contributed by atoms with Crippen molar-refractivity contribution in [3.8, 4) is 0 Å². The zero-order valence-electron chi connectivity index (χ0n) is 11.6. The second kappa shape index (κ2) is 7.97. The molecule has 1 rings (SSSR count). The van der Waals surface area contributed by atoms with Crippen molar-refractivity contribution in [2.24, 2.45) is 5.92 Å². The first-order valence-electron chi connectivity index (χ1n) is 6.19. The van der Waals surface area contributed by atoms with Gasteiger partial charge in [-0.05, 0) is 53.1 Å². The topological polar surface area (TPSA) is 55.4 Å². The fourth-order valence-electron chi connectivity index (χ4n) is 1.74. The van der Waals surface area contributed by atoms with E-state index in [1.54, 1.807) is 6.07 Å². The van der Waals surface area contributed by atoms with Gasteiger partial charge in [-0.15, -0.1) is 0 Å². The number of rotatable bonds is 5. The molecule has 1 N–H and O–H groups in total. The molecule has 1 aromatic rings. The number of hydrogen-bond acceptors (Lipinski definition) is 3. The fraction of sp³-hybridized carbons (Fsp3) is 0.429. The number of benzene rings is 1. The predicted molar refractivity (Wildman–Crippen MR) is 89.6 cm³/mol. The van der Waals surface area contributed by atoms with E-state index in [4.69, 9.17) is 4.74 Å². The second-order valence-corrected chi connectivity index (χ2v) is 6.88. The molecule has 20 heavy (non-hydrogen) atoms. The first kappa shape index (κ1) is 17.4. The summed E-state index contributed by atoms with van der Waals surface area (Å²) >= 11 is 5.43. The largest absolute Gasteiger partial charge is 0.467 e. The number of ether oxygens (including phenoxy) is 1. The van der Waals surface area contributed by atoms with Crippen LogP contribution in [0, 0.1) is 9.49 Å². The van der Waals surface area contributed by atoms with Gasteiger partial charge in [-0.1, -0.05) is 29.8 Å².